The largest absolute Gasteiger partial charge is 0.469 e. The van der Waals surface area contributed by atoms with E-state index in [9.17, 15) is 9.59 Å². The molecule has 0 aromatic heterocycles. The van der Waals surface area contributed by atoms with Crippen LogP contribution >= 0.6 is 11.8 Å². The lowest BCUT2D eigenvalue weighted by atomic mass is 10.1. The van der Waals surface area contributed by atoms with Crippen molar-refractivity contribution in [2.75, 3.05) is 14.2 Å². The first-order valence-corrected chi connectivity index (χ1v) is 6.35. The lowest BCUT2D eigenvalue weighted by Gasteiger charge is -2.19. The van der Waals surface area contributed by atoms with Gasteiger partial charge in [-0.15, -0.1) is 11.8 Å². The molecule has 0 fully saturated rings. The average molecular weight is 268 g/mol. The smallest absolute Gasteiger partial charge is 0.320 e. The normalized spacial score (nSPS) is 13.5. The number of rotatable bonds is 5. The van der Waals surface area contributed by atoms with Crippen molar-refractivity contribution in [3.8, 4) is 0 Å². The van der Waals surface area contributed by atoms with Crippen molar-refractivity contribution < 1.29 is 19.1 Å². The number of carbonyl (C=O) groups excluding carboxylic acids is 2. The zero-order valence-electron chi connectivity index (χ0n) is 10.6. The van der Waals surface area contributed by atoms with Crippen molar-refractivity contribution >= 4 is 23.7 Å². The molecule has 0 radical (unpaired) electrons. The fourth-order valence-electron chi connectivity index (χ4n) is 1.43. The first-order valence-electron chi connectivity index (χ1n) is 5.47. The number of carbonyl (C=O) groups is 2. The summed E-state index contributed by atoms with van der Waals surface area (Å²) in [5, 5.41) is -0.607. The minimum absolute atomic E-state index is 0.422. The van der Waals surface area contributed by atoms with Crippen molar-refractivity contribution in [2.24, 2.45) is 5.92 Å². The van der Waals surface area contributed by atoms with Crippen LogP contribution in [0.5, 0.6) is 0 Å². The number of thioether (sulfide) groups is 1. The molecule has 0 aliphatic carbocycles. The molecule has 98 valence electrons. The first-order chi connectivity index (χ1) is 8.60. The van der Waals surface area contributed by atoms with Crippen LogP contribution in [-0.2, 0) is 19.1 Å². The van der Waals surface area contributed by atoms with E-state index >= 15 is 0 Å². The number of hydrogen-bond acceptors (Lipinski definition) is 5. The van der Waals surface area contributed by atoms with E-state index in [0.29, 0.717) is 0 Å². The Labute approximate surface area is 111 Å². The van der Waals surface area contributed by atoms with Crippen LogP contribution in [0.1, 0.15) is 6.92 Å². The lowest BCUT2D eigenvalue weighted by molar-refractivity contribution is -0.150. The Balaban J connectivity index is 2.86. The van der Waals surface area contributed by atoms with Crippen LogP contribution in [0.2, 0.25) is 0 Å². The van der Waals surface area contributed by atoms with Crippen molar-refractivity contribution in [1.82, 2.24) is 0 Å². The van der Waals surface area contributed by atoms with E-state index in [4.69, 9.17) is 4.74 Å². The summed E-state index contributed by atoms with van der Waals surface area (Å²) in [6, 6.07) is 9.40. The molecule has 0 spiro atoms. The van der Waals surface area contributed by atoms with Crippen LogP contribution < -0.4 is 0 Å². The second kappa shape index (κ2) is 7.06. The van der Waals surface area contributed by atoms with Gasteiger partial charge >= 0.3 is 11.9 Å². The number of hydrogen-bond donors (Lipinski definition) is 0. The Kier molecular flexibility index (Phi) is 5.71. The molecular weight excluding hydrogens is 252 g/mol. The van der Waals surface area contributed by atoms with Gasteiger partial charge in [-0.25, -0.2) is 0 Å². The number of methoxy groups -OCH3 is 2. The maximum Gasteiger partial charge on any atom is 0.320 e. The zero-order valence-corrected chi connectivity index (χ0v) is 11.4. The number of esters is 2. The molecule has 1 aromatic rings. The number of ether oxygens (including phenoxy) is 2. The molecule has 0 heterocycles. The van der Waals surface area contributed by atoms with Crippen LogP contribution in [0, 0.1) is 5.92 Å². The molecule has 2 atom stereocenters. The molecule has 0 N–H and O–H groups in total. The Morgan fingerprint density at radius 3 is 2.11 bits per heavy atom. The first kappa shape index (κ1) is 14.6. The summed E-state index contributed by atoms with van der Waals surface area (Å²) in [7, 11) is 2.62. The van der Waals surface area contributed by atoms with Crippen molar-refractivity contribution in [3.05, 3.63) is 30.3 Å². The molecule has 0 amide bonds. The van der Waals surface area contributed by atoms with E-state index in [1.807, 2.05) is 30.3 Å². The van der Waals surface area contributed by atoms with E-state index in [2.05, 4.69) is 4.74 Å². The Morgan fingerprint density at radius 1 is 1.06 bits per heavy atom. The fourth-order valence-corrected chi connectivity index (χ4v) is 2.54. The maximum atomic E-state index is 11.7. The van der Waals surface area contributed by atoms with E-state index in [1.165, 1.54) is 26.0 Å². The van der Waals surface area contributed by atoms with E-state index < -0.39 is 23.1 Å². The van der Waals surface area contributed by atoms with E-state index in [-0.39, 0.29) is 0 Å². The quantitative estimate of drug-likeness (QED) is 0.605. The van der Waals surface area contributed by atoms with E-state index in [1.54, 1.807) is 6.92 Å². The summed E-state index contributed by atoms with van der Waals surface area (Å²) in [6.07, 6.45) is 0. The molecule has 0 unspecified atom stereocenters. The minimum atomic E-state index is -0.607. The molecule has 5 heteroatoms. The summed E-state index contributed by atoms with van der Waals surface area (Å²) in [6.45, 7) is 1.66. The molecule has 1 aromatic carbocycles. The van der Waals surface area contributed by atoms with Crippen LogP contribution in [0.3, 0.4) is 0 Å². The Bertz CT molecular complexity index is 405. The summed E-state index contributed by atoms with van der Waals surface area (Å²) in [5.41, 5.74) is 0. The van der Waals surface area contributed by atoms with Crippen molar-refractivity contribution in [1.29, 1.82) is 0 Å². The Hall–Kier alpha value is -1.49. The standard InChI is InChI=1S/C13H16O4S/c1-9(12(14)16-2)11(13(15)17-3)18-10-7-5-4-6-8-10/h4-9,11H,1-3H3/t9-,11+/m1/s1. The molecule has 1 rings (SSSR count). The van der Waals surface area contributed by atoms with Crippen LogP contribution in [-0.4, -0.2) is 31.4 Å². The predicted octanol–water partition coefficient (Wildman–Crippen LogP) is 2.13. The average Bonchev–Trinajstić information content (AvgIpc) is 2.43. The topological polar surface area (TPSA) is 52.6 Å². The molecule has 0 saturated carbocycles. The van der Waals surface area contributed by atoms with Gasteiger partial charge in [0.2, 0.25) is 0 Å². The summed E-state index contributed by atoms with van der Waals surface area (Å²) in [5.74, 6) is -1.41. The van der Waals surface area contributed by atoms with Gasteiger partial charge in [-0.05, 0) is 12.1 Å². The highest BCUT2D eigenvalue weighted by molar-refractivity contribution is 8.00. The van der Waals surface area contributed by atoms with Gasteiger partial charge in [0.1, 0.15) is 5.25 Å². The van der Waals surface area contributed by atoms with Crippen molar-refractivity contribution in [3.63, 3.8) is 0 Å². The van der Waals surface area contributed by atoms with Crippen molar-refractivity contribution in [2.45, 2.75) is 17.1 Å². The summed E-state index contributed by atoms with van der Waals surface area (Å²) >= 11 is 1.30. The van der Waals surface area contributed by atoms with Crippen LogP contribution in [0.15, 0.2) is 35.2 Å². The predicted molar refractivity (Wildman–Crippen MR) is 69.3 cm³/mol. The van der Waals surface area contributed by atoms with Crippen LogP contribution in [0.25, 0.3) is 0 Å². The third-order valence-corrected chi connectivity index (χ3v) is 3.87. The molecular formula is C13H16O4S. The number of benzene rings is 1. The highest BCUT2D eigenvalue weighted by Gasteiger charge is 2.32. The maximum absolute atomic E-state index is 11.7. The summed E-state index contributed by atoms with van der Waals surface area (Å²) in [4.78, 5) is 24.2. The summed E-state index contributed by atoms with van der Waals surface area (Å²) < 4.78 is 9.40. The fraction of sp³-hybridized carbons (Fsp3) is 0.385. The van der Waals surface area contributed by atoms with Gasteiger partial charge in [0.25, 0.3) is 0 Å². The highest BCUT2D eigenvalue weighted by atomic mass is 32.2. The monoisotopic (exact) mass is 268 g/mol. The van der Waals surface area contributed by atoms with Gasteiger partial charge in [-0.2, -0.15) is 0 Å². The van der Waals surface area contributed by atoms with Gasteiger partial charge in [0, 0.05) is 4.90 Å². The Morgan fingerprint density at radius 2 is 1.61 bits per heavy atom. The highest BCUT2D eigenvalue weighted by Crippen LogP contribution is 2.29. The molecule has 0 bridgehead atoms. The lowest BCUT2D eigenvalue weighted by Crippen LogP contribution is -2.32. The molecule has 18 heavy (non-hydrogen) atoms. The van der Waals surface area contributed by atoms with Gasteiger partial charge in [-0.3, -0.25) is 9.59 Å². The molecule has 0 aliphatic heterocycles. The minimum Gasteiger partial charge on any atom is -0.469 e. The second-order valence-corrected chi connectivity index (χ2v) is 4.90. The zero-order chi connectivity index (χ0) is 13.5. The third kappa shape index (κ3) is 3.77. The SMILES string of the molecule is COC(=O)[C@@H](Sc1ccccc1)[C@@H](C)C(=O)OC. The molecule has 4 nitrogen and oxygen atoms in total. The van der Waals surface area contributed by atoms with Gasteiger partial charge in [-0.1, -0.05) is 25.1 Å². The van der Waals surface area contributed by atoms with Gasteiger partial charge in [0.05, 0.1) is 20.1 Å². The van der Waals surface area contributed by atoms with Gasteiger partial charge < -0.3 is 9.47 Å². The molecule has 0 saturated heterocycles. The molecule has 0 aliphatic rings. The second-order valence-electron chi connectivity index (χ2n) is 3.69. The third-order valence-electron chi connectivity index (χ3n) is 2.47. The van der Waals surface area contributed by atoms with Crippen LogP contribution in [0.4, 0.5) is 0 Å². The van der Waals surface area contributed by atoms with Gasteiger partial charge in [0.15, 0.2) is 0 Å². The van der Waals surface area contributed by atoms with E-state index in [0.717, 1.165) is 4.90 Å².